The number of unbranched alkanes of at least 4 members (excludes halogenated alkanes) is 2. The smallest absolute Gasteiger partial charge is 0.00219 e. The predicted octanol–water partition coefficient (Wildman–Crippen LogP) is 23.9. The summed E-state index contributed by atoms with van der Waals surface area (Å²) >= 11 is 0. The Labute approximate surface area is 572 Å². The van der Waals surface area contributed by atoms with Gasteiger partial charge in [0.05, 0.1) is 0 Å². The normalized spacial score (nSPS) is 20.4. The van der Waals surface area contributed by atoms with Gasteiger partial charge in [-0.05, 0) is 269 Å². The molecule has 4 heterocycles. The van der Waals surface area contributed by atoms with Gasteiger partial charge >= 0.3 is 0 Å². The highest BCUT2D eigenvalue weighted by molar-refractivity contribution is 4.82. The van der Waals surface area contributed by atoms with E-state index in [-0.39, 0.29) is 0 Å². The third-order valence-electron chi connectivity index (χ3n) is 19.8. The number of hydrogen-bond acceptors (Lipinski definition) is 6. The van der Waals surface area contributed by atoms with E-state index in [4.69, 9.17) is 0 Å². The van der Waals surface area contributed by atoms with Crippen molar-refractivity contribution < 1.29 is 0 Å². The molecule has 0 bridgehead atoms. The zero-order valence-corrected chi connectivity index (χ0v) is 68.8. The summed E-state index contributed by atoms with van der Waals surface area (Å²) in [5.41, 5.74) is 4.29. The molecule has 0 amide bonds. The lowest BCUT2D eigenvalue weighted by Crippen LogP contribution is -2.46. The Hall–Kier alpha value is -0.240. The fraction of sp³-hybridized carbons (Fsp3) is 1.00. The maximum Gasteiger partial charge on any atom is 0.00219 e. The summed E-state index contributed by atoms with van der Waals surface area (Å²) in [7, 11) is 10.7. The molecule has 0 spiro atoms. The highest BCUT2D eigenvalue weighted by Gasteiger charge is 2.28. The minimum atomic E-state index is 0.520. The van der Waals surface area contributed by atoms with Crippen molar-refractivity contribution in [2.45, 2.75) is 353 Å². The van der Waals surface area contributed by atoms with E-state index in [0.717, 1.165) is 42.1 Å². The first kappa shape index (κ1) is 91.8. The highest BCUT2D eigenvalue weighted by Crippen LogP contribution is 2.36. The van der Waals surface area contributed by atoms with Gasteiger partial charge in [0.15, 0.2) is 0 Å². The predicted molar refractivity (Wildman–Crippen MR) is 413 cm³/mol. The van der Waals surface area contributed by atoms with E-state index in [0.29, 0.717) is 43.3 Å². The van der Waals surface area contributed by atoms with Crippen LogP contribution in [0.25, 0.3) is 0 Å². The third kappa shape index (κ3) is 63.8. The van der Waals surface area contributed by atoms with Crippen molar-refractivity contribution >= 4 is 0 Å². The molecule has 544 valence electrons. The lowest BCUT2D eigenvalue weighted by atomic mass is 9.78. The molecule has 4 saturated heterocycles. The van der Waals surface area contributed by atoms with Gasteiger partial charge in [-0.15, -0.1) is 0 Å². The fourth-order valence-corrected chi connectivity index (χ4v) is 12.8. The van der Waals surface area contributed by atoms with E-state index in [2.05, 4.69) is 238 Å². The van der Waals surface area contributed by atoms with E-state index in [9.17, 15) is 0 Å². The van der Waals surface area contributed by atoms with Crippen LogP contribution in [0.5, 0.6) is 0 Å². The van der Waals surface area contributed by atoms with Crippen LogP contribution in [-0.4, -0.2) is 138 Å². The Morgan fingerprint density at radius 1 is 0.322 bits per heavy atom. The molecule has 2 atom stereocenters. The summed E-state index contributed by atoms with van der Waals surface area (Å²) < 4.78 is 0. The molecular formula is C84H178N6. The van der Waals surface area contributed by atoms with Crippen LogP contribution in [0.2, 0.25) is 0 Å². The van der Waals surface area contributed by atoms with Gasteiger partial charge in [-0.25, -0.2) is 0 Å². The van der Waals surface area contributed by atoms with Gasteiger partial charge in [0.2, 0.25) is 0 Å². The Morgan fingerprint density at radius 3 is 0.911 bits per heavy atom. The molecule has 0 aromatic heterocycles. The summed E-state index contributed by atoms with van der Waals surface area (Å²) in [6.45, 7) is 76.0. The molecule has 2 unspecified atom stereocenters. The molecule has 0 aromatic rings. The van der Waals surface area contributed by atoms with Gasteiger partial charge in [0, 0.05) is 39.3 Å². The standard InChI is InChI=1S/C12H25N.2C11H23N.C11H22.C10H21N.C10H23N.C10H20.C9H21N/c1-5-13-9-7-11(10-13)6-8-12(2,3)4;1-11(2,3)7-5-10-6-8-12(4)9-10;1-5-12-8-10(9-12)6-7-11(2,3)4;1-11(2,3)9-8-10-6-4-5-7-10;1-10(2,3)6-5-9-7-11(4)8-9;1-10(2,3)8-6-7-9-11(4)5;1-10(2,3)8-7-9-5-4-6-9;1-9(2,3)7-5-6-8-10-4/h11H,5-10H2,1-4H3;2*10H,5-9H2,1-4H3;10H,4-9H2,1-3H3;9H,5-8H2,1-4H3;6-9H2,1-5H3;9H,4-8H2,1-3H3;10H,5-8H2,1-4H3. The SMILES string of the molecule is CC(C)(C)CCC1CCC1.CC(C)(C)CCC1CCCC1.CCN1CC(CCC(C)(C)C)C1.CCN1CCC(CCC(C)(C)C)C1.CN(C)CCCCC(C)(C)C.CN1CC(CCC(C)(C)C)C1.CN1CCC(CCC(C)(C)C)C1.CNCCCCC(C)(C)C. The van der Waals surface area contributed by atoms with E-state index in [1.165, 1.54) is 245 Å². The molecule has 0 radical (unpaired) electrons. The molecule has 6 aliphatic rings. The summed E-state index contributed by atoms with van der Waals surface area (Å²) in [6, 6.07) is 0. The second kappa shape index (κ2) is 46.9. The van der Waals surface area contributed by atoms with Crippen molar-refractivity contribution in [3.05, 3.63) is 0 Å². The van der Waals surface area contributed by atoms with Crippen molar-refractivity contribution in [2.24, 2.45) is 78.8 Å². The van der Waals surface area contributed by atoms with E-state index in [1.807, 2.05) is 7.05 Å². The van der Waals surface area contributed by atoms with Crippen LogP contribution >= 0.6 is 0 Å². The van der Waals surface area contributed by atoms with Crippen LogP contribution in [-0.2, 0) is 0 Å². The molecule has 4 aliphatic heterocycles. The van der Waals surface area contributed by atoms with E-state index < -0.39 is 0 Å². The van der Waals surface area contributed by atoms with Gasteiger partial charge in [0.25, 0.3) is 0 Å². The quantitative estimate of drug-likeness (QED) is 0.109. The fourth-order valence-electron chi connectivity index (χ4n) is 12.8. The first-order chi connectivity index (χ1) is 41.1. The Kier molecular flexibility index (Phi) is 47.8. The number of nitrogens with one attached hydrogen (secondary N) is 1. The van der Waals surface area contributed by atoms with Crippen LogP contribution in [0.4, 0.5) is 0 Å². The minimum absolute atomic E-state index is 0.520. The third-order valence-corrected chi connectivity index (χ3v) is 19.8. The first-order valence-corrected chi connectivity index (χ1v) is 39.2. The van der Waals surface area contributed by atoms with Crippen molar-refractivity contribution in [3.63, 3.8) is 0 Å². The van der Waals surface area contributed by atoms with E-state index >= 15 is 0 Å². The molecule has 6 heteroatoms. The van der Waals surface area contributed by atoms with Gasteiger partial charge in [-0.2, -0.15) is 0 Å². The van der Waals surface area contributed by atoms with Gasteiger partial charge in [-0.1, -0.05) is 238 Å². The summed E-state index contributed by atoms with van der Waals surface area (Å²) in [4.78, 5) is 12.2. The minimum Gasteiger partial charge on any atom is -0.320 e. The Balaban J connectivity index is 0. The van der Waals surface area contributed by atoms with Gasteiger partial charge in [0.1, 0.15) is 0 Å². The Morgan fingerprint density at radius 2 is 0.622 bits per heavy atom. The molecule has 0 aromatic carbocycles. The monoisotopic (exact) mass is 1270 g/mol. The lowest BCUT2D eigenvalue weighted by molar-refractivity contribution is 0.0913. The van der Waals surface area contributed by atoms with Gasteiger partial charge < -0.3 is 29.8 Å². The molecule has 1 N–H and O–H groups in total. The number of hydrogen-bond donors (Lipinski definition) is 1. The second-order valence-corrected chi connectivity index (χ2v) is 40.8. The van der Waals surface area contributed by atoms with Crippen LogP contribution in [0.1, 0.15) is 353 Å². The largest absolute Gasteiger partial charge is 0.320 e. The van der Waals surface area contributed by atoms with Crippen molar-refractivity contribution in [1.29, 1.82) is 0 Å². The van der Waals surface area contributed by atoms with Crippen molar-refractivity contribution in [1.82, 2.24) is 29.8 Å². The summed E-state index contributed by atoms with van der Waals surface area (Å²) in [5.74, 6) is 6.14. The summed E-state index contributed by atoms with van der Waals surface area (Å²) in [6.07, 6.45) is 38.5. The molecule has 90 heavy (non-hydrogen) atoms. The van der Waals surface area contributed by atoms with Crippen molar-refractivity contribution in [3.8, 4) is 0 Å². The Bertz CT molecular complexity index is 1600. The van der Waals surface area contributed by atoms with Crippen LogP contribution in [0.15, 0.2) is 0 Å². The maximum absolute atomic E-state index is 3.15. The van der Waals surface area contributed by atoms with Crippen LogP contribution < -0.4 is 5.32 Å². The number of nitrogens with zero attached hydrogens (tertiary/aromatic N) is 5. The zero-order valence-electron chi connectivity index (χ0n) is 68.8. The number of likely N-dealkylation sites (tertiary alicyclic amines) is 4. The zero-order chi connectivity index (χ0) is 69.6. The van der Waals surface area contributed by atoms with Gasteiger partial charge in [-0.3, -0.25) is 0 Å². The average molecular weight is 1270 g/mol. The maximum atomic E-state index is 3.15. The lowest BCUT2D eigenvalue weighted by Gasteiger charge is -2.39. The van der Waals surface area contributed by atoms with Crippen molar-refractivity contribution in [2.75, 3.05) is 114 Å². The van der Waals surface area contributed by atoms with E-state index in [1.54, 1.807) is 0 Å². The van der Waals surface area contributed by atoms with Crippen LogP contribution in [0.3, 0.4) is 0 Å². The molecule has 2 saturated carbocycles. The highest BCUT2D eigenvalue weighted by atomic mass is 15.2. The number of rotatable bonds is 22. The second-order valence-electron chi connectivity index (χ2n) is 40.8. The first-order valence-electron chi connectivity index (χ1n) is 39.2. The molecule has 6 fully saturated rings. The van der Waals surface area contributed by atoms with Crippen LogP contribution in [0, 0.1) is 78.8 Å². The molecular weight excluding hydrogens is 1090 g/mol. The summed E-state index contributed by atoms with van der Waals surface area (Å²) in [5, 5.41) is 3.15. The topological polar surface area (TPSA) is 28.2 Å². The average Bonchev–Trinajstić information content (AvgIpc) is 4.38. The molecule has 2 aliphatic carbocycles. The molecule has 6 rings (SSSR count). The molecule has 6 nitrogen and oxygen atoms in total.